The zero-order valence-corrected chi connectivity index (χ0v) is 15.7. The Balaban J connectivity index is 1.79. The van der Waals surface area contributed by atoms with Crippen LogP contribution in [-0.2, 0) is 0 Å². The van der Waals surface area contributed by atoms with Gasteiger partial charge in [0.05, 0.1) is 22.9 Å². The number of hydrogen-bond acceptors (Lipinski definition) is 6. The Hall–Kier alpha value is -2.72. The van der Waals surface area contributed by atoms with Crippen molar-refractivity contribution in [1.29, 1.82) is 5.26 Å². The molecule has 1 fully saturated rings. The molecule has 0 bridgehead atoms. The van der Waals surface area contributed by atoms with Crippen LogP contribution in [0.25, 0.3) is 21.8 Å². The van der Waals surface area contributed by atoms with E-state index in [0.717, 1.165) is 40.7 Å². The van der Waals surface area contributed by atoms with Crippen molar-refractivity contribution in [2.45, 2.75) is 38.6 Å². The van der Waals surface area contributed by atoms with Gasteiger partial charge in [-0.15, -0.1) is 11.3 Å². The zero-order chi connectivity index (χ0) is 18.5. The number of carbonyl (C=O) groups is 1. The summed E-state index contributed by atoms with van der Waals surface area (Å²) >= 11 is 1.35. The second-order valence-electron chi connectivity index (χ2n) is 6.71. The topological polar surface area (TPSA) is 83.0 Å². The normalized spacial score (nSPS) is 15.5. The third-order valence-electron chi connectivity index (χ3n) is 5.24. The van der Waals surface area contributed by atoms with Crippen LogP contribution in [0.15, 0.2) is 22.8 Å². The summed E-state index contributed by atoms with van der Waals surface area (Å²) in [5.74, 6) is 0.996. The Morgan fingerprint density at radius 3 is 2.73 bits per heavy atom. The molecule has 0 saturated heterocycles. The van der Waals surface area contributed by atoms with E-state index in [9.17, 15) is 10.1 Å². The van der Waals surface area contributed by atoms with Gasteiger partial charge in [-0.25, -0.2) is 9.97 Å². The summed E-state index contributed by atoms with van der Waals surface area (Å²) in [4.78, 5) is 25.2. The standard InChI is InChI=1S/C19H18N4O2S/c1-11-14-12(2)21-16(13-6-4-9-25-13)22-17(14)26-15(11)18(24)23(3)19(10-20)7-5-8-19/h4,6,9H,5,7-8H2,1-3H3. The maximum atomic E-state index is 13.1. The van der Waals surface area contributed by atoms with E-state index < -0.39 is 5.54 Å². The zero-order valence-electron chi connectivity index (χ0n) is 14.9. The molecule has 1 aliphatic rings. The third-order valence-corrected chi connectivity index (χ3v) is 6.42. The number of carbonyl (C=O) groups excluding carboxylic acids is 1. The number of hydrogen-bond donors (Lipinski definition) is 0. The van der Waals surface area contributed by atoms with Crippen LogP contribution in [0.5, 0.6) is 0 Å². The van der Waals surface area contributed by atoms with E-state index in [0.29, 0.717) is 16.5 Å². The lowest BCUT2D eigenvalue weighted by atomic mass is 9.76. The van der Waals surface area contributed by atoms with Crippen molar-refractivity contribution in [2.24, 2.45) is 0 Å². The number of rotatable bonds is 3. The van der Waals surface area contributed by atoms with Crippen LogP contribution in [-0.4, -0.2) is 33.4 Å². The van der Waals surface area contributed by atoms with Crippen LogP contribution in [0.3, 0.4) is 0 Å². The molecular formula is C19H18N4O2S. The molecule has 0 radical (unpaired) electrons. The number of aryl methyl sites for hydroxylation is 2. The van der Waals surface area contributed by atoms with Crippen molar-refractivity contribution in [3.05, 3.63) is 34.5 Å². The summed E-state index contributed by atoms with van der Waals surface area (Å²) < 4.78 is 5.40. The van der Waals surface area contributed by atoms with Gasteiger partial charge in [0.2, 0.25) is 0 Å². The van der Waals surface area contributed by atoms with Crippen molar-refractivity contribution in [1.82, 2.24) is 14.9 Å². The molecule has 0 aliphatic heterocycles. The Kier molecular flexibility index (Phi) is 3.81. The molecule has 0 aromatic carbocycles. The van der Waals surface area contributed by atoms with Gasteiger partial charge in [0.15, 0.2) is 11.6 Å². The number of nitrogens with zero attached hydrogens (tertiary/aromatic N) is 4. The van der Waals surface area contributed by atoms with Gasteiger partial charge in [-0.3, -0.25) is 4.79 Å². The van der Waals surface area contributed by atoms with Crippen LogP contribution in [0, 0.1) is 25.2 Å². The van der Waals surface area contributed by atoms with E-state index in [4.69, 9.17) is 4.42 Å². The lowest BCUT2D eigenvalue weighted by Gasteiger charge is -2.42. The van der Waals surface area contributed by atoms with Crippen molar-refractivity contribution < 1.29 is 9.21 Å². The van der Waals surface area contributed by atoms with E-state index in [-0.39, 0.29) is 5.91 Å². The summed E-state index contributed by atoms with van der Waals surface area (Å²) in [5.41, 5.74) is 1.02. The quantitative estimate of drug-likeness (QED) is 0.697. The van der Waals surface area contributed by atoms with Crippen LogP contribution in [0.4, 0.5) is 0 Å². The molecule has 1 amide bonds. The molecule has 0 atom stereocenters. The Morgan fingerprint density at radius 1 is 1.38 bits per heavy atom. The summed E-state index contributed by atoms with van der Waals surface area (Å²) in [6.07, 6.45) is 4.03. The second kappa shape index (κ2) is 5.92. The lowest BCUT2D eigenvalue weighted by molar-refractivity contribution is 0.0502. The first-order valence-corrected chi connectivity index (χ1v) is 9.29. The molecule has 7 heteroatoms. The average molecular weight is 366 g/mol. The summed E-state index contributed by atoms with van der Waals surface area (Å²) in [6, 6.07) is 5.93. The predicted octanol–water partition coefficient (Wildman–Crippen LogP) is 4.09. The van der Waals surface area contributed by atoms with Gasteiger partial charge in [-0.05, 0) is 50.8 Å². The minimum atomic E-state index is -0.667. The maximum Gasteiger partial charge on any atom is 0.265 e. The van der Waals surface area contributed by atoms with E-state index in [2.05, 4.69) is 16.0 Å². The highest BCUT2D eigenvalue weighted by atomic mass is 32.1. The summed E-state index contributed by atoms with van der Waals surface area (Å²) in [7, 11) is 1.72. The van der Waals surface area contributed by atoms with Gasteiger partial charge >= 0.3 is 0 Å². The van der Waals surface area contributed by atoms with Gasteiger partial charge in [0, 0.05) is 12.4 Å². The number of nitriles is 1. The highest BCUT2D eigenvalue weighted by Gasteiger charge is 2.44. The molecule has 0 spiro atoms. The monoisotopic (exact) mass is 366 g/mol. The number of thiophene rings is 1. The SMILES string of the molecule is Cc1nc(-c2ccco2)nc2sc(C(=O)N(C)C3(C#N)CCC3)c(C)c12. The minimum absolute atomic E-state index is 0.120. The van der Waals surface area contributed by atoms with Crippen molar-refractivity contribution in [3.8, 4) is 17.7 Å². The number of aromatic nitrogens is 2. The Labute approximate surface area is 155 Å². The molecule has 3 heterocycles. The largest absolute Gasteiger partial charge is 0.461 e. The molecule has 1 saturated carbocycles. The van der Waals surface area contributed by atoms with E-state index in [1.54, 1.807) is 24.3 Å². The number of amides is 1. The first kappa shape index (κ1) is 16.7. The van der Waals surface area contributed by atoms with Crippen LogP contribution in [0.2, 0.25) is 0 Å². The van der Waals surface area contributed by atoms with Crippen molar-refractivity contribution in [3.63, 3.8) is 0 Å². The molecule has 0 N–H and O–H groups in total. The molecule has 1 aliphatic carbocycles. The highest BCUT2D eigenvalue weighted by molar-refractivity contribution is 7.20. The Morgan fingerprint density at radius 2 is 2.15 bits per heavy atom. The molecule has 3 aromatic heterocycles. The van der Waals surface area contributed by atoms with Crippen LogP contribution < -0.4 is 0 Å². The van der Waals surface area contributed by atoms with Crippen LogP contribution >= 0.6 is 11.3 Å². The Bertz CT molecular complexity index is 1040. The third kappa shape index (κ3) is 2.33. The maximum absolute atomic E-state index is 13.1. The van der Waals surface area contributed by atoms with Crippen molar-refractivity contribution in [2.75, 3.05) is 7.05 Å². The molecule has 4 rings (SSSR count). The van der Waals surface area contributed by atoms with Crippen molar-refractivity contribution >= 4 is 27.5 Å². The molecule has 3 aromatic rings. The van der Waals surface area contributed by atoms with Gasteiger partial charge < -0.3 is 9.32 Å². The van der Waals surface area contributed by atoms with E-state index in [1.165, 1.54) is 11.3 Å². The van der Waals surface area contributed by atoms with Crippen LogP contribution in [0.1, 0.15) is 40.2 Å². The smallest absolute Gasteiger partial charge is 0.265 e. The molecule has 132 valence electrons. The second-order valence-corrected chi connectivity index (χ2v) is 7.71. The fraction of sp³-hybridized carbons (Fsp3) is 0.368. The van der Waals surface area contributed by atoms with Gasteiger partial charge in [0.25, 0.3) is 5.91 Å². The van der Waals surface area contributed by atoms with Gasteiger partial charge in [-0.1, -0.05) is 0 Å². The fourth-order valence-corrected chi connectivity index (χ4v) is 4.65. The van der Waals surface area contributed by atoms with E-state index >= 15 is 0 Å². The highest BCUT2D eigenvalue weighted by Crippen LogP contribution is 2.39. The average Bonchev–Trinajstić information content (AvgIpc) is 3.22. The first-order valence-electron chi connectivity index (χ1n) is 8.48. The van der Waals surface area contributed by atoms with E-state index in [1.807, 2.05) is 19.9 Å². The lowest BCUT2D eigenvalue weighted by Crippen LogP contribution is -2.53. The number of furan rings is 1. The predicted molar refractivity (Wildman–Crippen MR) is 98.9 cm³/mol. The minimum Gasteiger partial charge on any atom is -0.461 e. The molecule has 6 nitrogen and oxygen atoms in total. The first-order chi connectivity index (χ1) is 12.5. The number of fused-ring (bicyclic) bond motifs is 1. The fourth-order valence-electron chi connectivity index (χ4n) is 3.44. The molecule has 26 heavy (non-hydrogen) atoms. The summed E-state index contributed by atoms with van der Waals surface area (Å²) in [5, 5.41) is 10.4. The molecular weight excluding hydrogens is 348 g/mol. The van der Waals surface area contributed by atoms with Gasteiger partial charge in [-0.2, -0.15) is 5.26 Å². The molecule has 0 unspecified atom stereocenters. The summed E-state index contributed by atoms with van der Waals surface area (Å²) in [6.45, 7) is 3.83. The van der Waals surface area contributed by atoms with Gasteiger partial charge in [0.1, 0.15) is 10.4 Å².